The largest absolute Gasteiger partial charge is 0.496 e. The number of carbonyl (C=O) groups excluding carboxylic acids is 2. The van der Waals surface area contributed by atoms with Gasteiger partial charge in [-0.15, -0.1) is 0 Å². The summed E-state index contributed by atoms with van der Waals surface area (Å²) in [5, 5.41) is 2.89. The molecule has 0 aliphatic rings. The zero-order valence-electron chi connectivity index (χ0n) is 17.5. The van der Waals surface area contributed by atoms with E-state index in [1.165, 1.54) is 7.11 Å². The third kappa shape index (κ3) is 4.91. The van der Waals surface area contributed by atoms with Gasteiger partial charge in [0.25, 0.3) is 5.91 Å². The highest BCUT2D eigenvalue weighted by molar-refractivity contribution is 6.03. The van der Waals surface area contributed by atoms with Crippen LogP contribution < -0.4 is 15.0 Å². The fraction of sp³-hybridized carbons (Fsp3) is 0.391. The zero-order chi connectivity index (χ0) is 20.8. The van der Waals surface area contributed by atoms with Crippen molar-refractivity contribution in [3.63, 3.8) is 0 Å². The summed E-state index contributed by atoms with van der Waals surface area (Å²) < 4.78 is 5.27. The molecule has 0 aromatic heterocycles. The molecule has 2 rings (SSSR count). The number of benzene rings is 2. The molecule has 150 valence electrons. The highest BCUT2D eigenvalue weighted by atomic mass is 16.5. The van der Waals surface area contributed by atoms with Crippen LogP contribution in [-0.4, -0.2) is 32.0 Å². The first-order valence-corrected chi connectivity index (χ1v) is 9.57. The maximum absolute atomic E-state index is 13.2. The molecule has 2 amide bonds. The molecule has 0 saturated heterocycles. The Morgan fingerprint density at radius 1 is 1.00 bits per heavy atom. The molecule has 0 aliphatic carbocycles. The van der Waals surface area contributed by atoms with Gasteiger partial charge in [-0.3, -0.25) is 9.59 Å². The molecule has 0 aliphatic heterocycles. The molecule has 5 nitrogen and oxygen atoms in total. The van der Waals surface area contributed by atoms with Crippen molar-refractivity contribution in [3.8, 4) is 5.75 Å². The Kier molecular flexibility index (Phi) is 7.21. The van der Waals surface area contributed by atoms with Gasteiger partial charge in [0.05, 0.1) is 12.7 Å². The van der Waals surface area contributed by atoms with Crippen LogP contribution in [-0.2, 0) is 4.79 Å². The molecule has 0 spiro atoms. The normalized spacial score (nSPS) is 12.0. The smallest absolute Gasteiger partial charge is 0.255 e. The molecule has 5 heteroatoms. The van der Waals surface area contributed by atoms with Crippen molar-refractivity contribution in [2.75, 3.05) is 19.1 Å². The second kappa shape index (κ2) is 9.40. The Morgan fingerprint density at radius 3 is 2.29 bits per heavy atom. The first-order valence-electron chi connectivity index (χ1n) is 9.57. The van der Waals surface area contributed by atoms with Crippen LogP contribution in [0.25, 0.3) is 0 Å². The minimum absolute atomic E-state index is 0.0677. The van der Waals surface area contributed by atoms with Crippen LogP contribution in [0.1, 0.15) is 49.5 Å². The molecule has 1 unspecified atom stereocenters. The molecule has 0 heterocycles. The van der Waals surface area contributed by atoms with Crippen molar-refractivity contribution in [3.05, 3.63) is 59.7 Å². The highest BCUT2D eigenvalue weighted by Crippen LogP contribution is 2.23. The first-order chi connectivity index (χ1) is 13.3. The van der Waals surface area contributed by atoms with Crippen LogP contribution in [0.5, 0.6) is 5.75 Å². The van der Waals surface area contributed by atoms with E-state index in [1.807, 2.05) is 32.0 Å². The monoisotopic (exact) mass is 382 g/mol. The number of rotatable bonds is 7. The van der Waals surface area contributed by atoms with E-state index in [1.54, 1.807) is 36.2 Å². The quantitative estimate of drug-likeness (QED) is 0.779. The van der Waals surface area contributed by atoms with Crippen molar-refractivity contribution in [2.45, 2.75) is 39.7 Å². The van der Waals surface area contributed by atoms with Gasteiger partial charge in [0.1, 0.15) is 11.8 Å². The predicted octanol–water partition coefficient (Wildman–Crippen LogP) is 4.24. The third-order valence-electron chi connectivity index (χ3n) is 4.83. The van der Waals surface area contributed by atoms with Crippen LogP contribution in [0.3, 0.4) is 0 Å². The summed E-state index contributed by atoms with van der Waals surface area (Å²) in [6, 6.07) is 14.3. The second-order valence-corrected chi connectivity index (χ2v) is 7.54. The summed E-state index contributed by atoms with van der Waals surface area (Å²) in [6.45, 7) is 8.07. The van der Waals surface area contributed by atoms with Gasteiger partial charge in [0.2, 0.25) is 5.91 Å². The van der Waals surface area contributed by atoms with Crippen LogP contribution in [0.15, 0.2) is 48.5 Å². The Balaban J connectivity index is 2.24. The van der Waals surface area contributed by atoms with Crippen LogP contribution in [0, 0.1) is 5.92 Å². The third-order valence-corrected chi connectivity index (χ3v) is 4.83. The van der Waals surface area contributed by atoms with Gasteiger partial charge < -0.3 is 15.0 Å². The number of para-hydroxylation sites is 1. The Labute approximate surface area is 167 Å². The number of likely N-dealkylation sites (N-methyl/N-ethyl adjacent to an activating group) is 1. The average Bonchev–Trinajstić information content (AvgIpc) is 2.70. The van der Waals surface area contributed by atoms with Crippen LogP contribution >= 0.6 is 0 Å². The predicted molar refractivity (Wildman–Crippen MR) is 113 cm³/mol. The first kappa shape index (κ1) is 21.5. The lowest BCUT2D eigenvalue weighted by molar-refractivity contribution is -0.121. The number of hydrogen-bond acceptors (Lipinski definition) is 3. The number of nitrogens with one attached hydrogen (secondary N) is 1. The van der Waals surface area contributed by atoms with Crippen molar-refractivity contribution in [1.82, 2.24) is 5.32 Å². The van der Waals surface area contributed by atoms with E-state index in [-0.39, 0.29) is 17.7 Å². The second-order valence-electron chi connectivity index (χ2n) is 7.54. The van der Waals surface area contributed by atoms with Crippen LogP contribution in [0.2, 0.25) is 0 Å². The highest BCUT2D eigenvalue weighted by Gasteiger charge is 2.29. The van der Waals surface area contributed by atoms with E-state index < -0.39 is 6.04 Å². The lowest BCUT2D eigenvalue weighted by Gasteiger charge is -2.28. The number of carbonyl (C=O) groups is 2. The van der Waals surface area contributed by atoms with Crippen molar-refractivity contribution in [1.29, 1.82) is 0 Å². The lowest BCUT2D eigenvalue weighted by Crippen LogP contribution is -2.50. The minimum atomic E-state index is -0.648. The molecular formula is C23H30N2O3. The van der Waals surface area contributed by atoms with Gasteiger partial charge in [-0.1, -0.05) is 52.0 Å². The summed E-state index contributed by atoms with van der Waals surface area (Å²) in [4.78, 5) is 27.6. The summed E-state index contributed by atoms with van der Waals surface area (Å²) in [5.74, 6) is 0.303. The van der Waals surface area contributed by atoms with E-state index in [2.05, 4.69) is 25.2 Å². The van der Waals surface area contributed by atoms with E-state index in [0.29, 0.717) is 17.2 Å². The van der Waals surface area contributed by atoms with Gasteiger partial charge in [-0.25, -0.2) is 0 Å². The fourth-order valence-corrected chi connectivity index (χ4v) is 2.99. The lowest BCUT2D eigenvalue weighted by atomic mass is 10.0. The summed E-state index contributed by atoms with van der Waals surface area (Å²) >= 11 is 0. The van der Waals surface area contributed by atoms with E-state index >= 15 is 0 Å². The van der Waals surface area contributed by atoms with Crippen molar-refractivity contribution >= 4 is 17.5 Å². The van der Waals surface area contributed by atoms with Gasteiger partial charge in [0.15, 0.2) is 0 Å². The van der Waals surface area contributed by atoms with E-state index in [9.17, 15) is 9.59 Å². The SMILES string of the molecule is COc1ccccc1C(=O)NC(C(=O)N(C)c1cccc(C(C)C)c1)C(C)C. The molecule has 0 radical (unpaired) electrons. The maximum atomic E-state index is 13.2. The Bertz CT molecular complexity index is 830. The summed E-state index contributed by atoms with van der Waals surface area (Å²) in [6.07, 6.45) is 0. The number of anilines is 1. The number of methoxy groups -OCH3 is 1. The average molecular weight is 383 g/mol. The standard InChI is InChI=1S/C23H30N2O3/c1-15(2)17-10-9-11-18(14-17)25(5)23(27)21(16(3)4)24-22(26)19-12-7-8-13-20(19)28-6/h7-16,21H,1-6H3,(H,24,26). The topological polar surface area (TPSA) is 58.6 Å². The number of ether oxygens (including phenoxy) is 1. The van der Waals surface area contributed by atoms with Crippen LogP contribution in [0.4, 0.5) is 5.69 Å². The number of nitrogens with zero attached hydrogens (tertiary/aromatic N) is 1. The molecule has 1 atom stereocenters. The number of hydrogen-bond donors (Lipinski definition) is 1. The molecule has 2 aromatic rings. The molecule has 0 bridgehead atoms. The molecule has 2 aromatic carbocycles. The zero-order valence-corrected chi connectivity index (χ0v) is 17.5. The molecule has 1 N–H and O–H groups in total. The Morgan fingerprint density at radius 2 is 1.68 bits per heavy atom. The van der Waals surface area contributed by atoms with E-state index in [4.69, 9.17) is 4.74 Å². The summed E-state index contributed by atoms with van der Waals surface area (Å²) in [7, 11) is 3.26. The molecule has 0 saturated carbocycles. The molecule has 28 heavy (non-hydrogen) atoms. The van der Waals surface area contributed by atoms with Gasteiger partial charge >= 0.3 is 0 Å². The van der Waals surface area contributed by atoms with Gasteiger partial charge in [-0.2, -0.15) is 0 Å². The van der Waals surface area contributed by atoms with Gasteiger partial charge in [-0.05, 0) is 41.7 Å². The van der Waals surface area contributed by atoms with E-state index in [0.717, 1.165) is 11.3 Å². The Hall–Kier alpha value is -2.82. The van der Waals surface area contributed by atoms with Crippen molar-refractivity contribution < 1.29 is 14.3 Å². The van der Waals surface area contributed by atoms with Gasteiger partial charge in [0, 0.05) is 12.7 Å². The maximum Gasteiger partial charge on any atom is 0.255 e. The summed E-state index contributed by atoms with van der Waals surface area (Å²) in [5.41, 5.74) is 2.39. The fourth-order valence-electron chi connectivity index (χ4n) is 2.99. The number of amides is 2. The molecular weight excluding hydrogens is 352 g/mol. The molecule has 0 fully saturated rings. The minimum Gasteiger partial charge on any atom is -0.496 e. The van der Waals surface area contributed by atoms with Crippen molar-refractivity contribution in [2.24, 2.45) is 5.92 Å².